The highest BCUT2D eigenvalue weighted by Crippen LogP contribution is 2.44. The largest absolute Gasteiger partial charge is 0.481 e. The van der Waals surface area contributed by atoms with Crippen molar-refractivity contribution in [2.45, 2.75) is 58.0 Å². The Morgan fingerprint density at radius 2 is 1.55 bits per heavy atom. The third kappa shape index (κ3) is 5.92. The van der Waals surface area contributed by atoms with E-state index in [1.807, 2.05) is 57.2 Å². The molecule has 2 aromatic carbocycles. The zero-order valence-corrected chi connectivity index (χ0v) is 19.3. The fraction of sp³-hybridized carbons (Fsp3) is 0.423. The van der Waals surface area contributed by atoms with Crippen LogP contribution in [0.5, 0.6) is 0 Å². The van der Waals surface area contributed by atoms with Crippen molar-refractivity contribution < 1.29 is 24.2 Å². The van der Waals surface area contributed by atoms with Crippen molar-refractivity contribution >= 4 is 18.0 Å². The van der Waals surface area contributed by atoms with Crippen LogP contribution < -0.4 is 10.6 Å². The minimum atomic E-state index is -0.981. The van der Waals surface area contributed by atoms with E-state index in [1.165, 1.54) is 0 Å². The molecule has 176 valence electrons. The molecule has 0 spiro atoms. The third-order valence-electron chi connectivity index (χ3n) is 6.06. The average Bonchev–Trinajstić information content (AvgIpc) is 3.10. The van der Waals surface area contributed by atoms with E-state index in [-0.39, 0.29) is 24.9 Å². The van der Waals surface area contributed by atoms with Crippen molar-refractivity contribution in [3.63, 3.8) is 0 Å². The molecule has 0 aliphatic heterocycles. The van der Waals surface area contributed by atoms with Crippen molar-refractivity contribution in [1.29, 1.82) is 0 Å². The first kappa shape index (κ1) is 24.3. The summed E-state index contributed by atoms with van der Waals surface area (Å²) in [4.78, 5) is 36.5. The Kier molecular flexibility index (Phi) is 8.09. The van der Waals surface area contributed by atoms with Crippen LogP contribution in [0.15, 0.2) is 48.5 Å². The van der Waals surface area contributed by atoms with E-state index in [0.29, 0.717) is 12.8 Å². The Labute approximate surface area is 194 Å². The van der Waals surface area contributed by atoms with E-state index in [4.69, 9.17) is 9.84 Å². The maximum atomic E-state index is 12.8. The van der Waals surface area contributed by atoms with Crippen molar-refractivity contribution in [2.24, 2.45) is 5.92 Å². The molecule has 33 heavy (non-hydrogen) atoms. The summed E-state index contributed by atoms with van der Waals surface area (Å²) in [6.07, 6.45) is 0.263. The van der Waals surface area contributed by atoms with Gasteiger partial charge in [0.2, 0.25) is 5.91 Å². The van der Waals surface area contributed by atoms with Crippen LogP contribution in [-0.2, 0) is 14.3 Å². The number of alkyl carbamates (subject to hydrolysis) is 1. The second-order valence-electron chi connectivity index (χ2n) is 8.77. The highest BCUT2D eigenvalue weighted by atomic mass is 16.5. The Morgan fingerprint density at radius 1 is 0.970 bits per heavy atom. The summed E-state index contributed by atoms with van der Waals surface area (Å²) >= 11 is 0. The molecule has 7 heteroatoms. The first-order chi connectivity index (χ1) is 15.8. The summed E-state index contributed by atoms with van der Waals surface area (Å²) < 4.78 is 5.56. The van der Waals surface area contributed by atoms with Crippen LogP contribution in [0.2, 0.25) is 0 Å². The number of fused-ring (bicyclic) bond motifs is 3. The van der Waals surface area contributed by atoms with Crippen molar-refractivity contribution in [1.82, 2.24) is 10.6 Å². The maximum Gasteiger partial charge on any atom is 0.407 e. The molecule has 7 nitrogen and oxygen atoms in total. The van der Waals surface area contributed by atoms with Gasteiger partial charge in [0.1, 0.15) is 12.6 Å². The number of nitrogens with one attached hydrogen (secondary N) is 2. The number of ether oxygens (including phenoxy) is 1. The van der Waals surface area contributed by atoms with Gasteiger partial charge in [0.25, 0.3) is 0 Å². The second kappa shape index (κ2) is 11.0. The van der Waals surface area contributed by atoms with Crippen LogP contribution in [0, 0.1) is 5.92 Å². The number of aliphatic carboxylic acids is 1. The van der Waals surface area contributed by atoms with Crippen molar-refractivity contribution in [3.05, 3.63) is 59.7 Å². The maximum absolute atomic E-state index is 12.8. The van der Waals surface area contributed by atoms with Crippen molar-refractivity contribution in [3.8, 4) is 11.1 Å². The molecule has 0 fully saturated rings. The first-order valence-electron chi connectivity index (χ1n) is 11.5. The van der Waals surface area contributed by atoms with Gasteiger partial charge in [-0.15, -0.1) is 0 Å². The highest BCUT2D eigenvalue weighted by molar-refractivity contribution is 5.86. The van der Waals surface area contributed by atoms with Gasteiger partial charge in [-0.05, 0) is 34.6 Å². The normalized spacial score (nSPS) is 14.2. The van der Waals surface area contributed by atoms with Crippen LogP contribution >= 0.6 is 0 Å². The van der Waals surface area contributed by atoms with Crippen LogP contribution in [0.4, 0.5) is 4.79 Å². The summed E-state index contributed by atoms with van der Waals surface area (Å²) in [6, 6.07) is 14.9. The second-order valence-corrected chi connectivity index (χ2v) is 8.77. The quantitative estimate of drug-likeness (QED) is 0.498. The fourth-order valence-corrected chi connectivity index (χ4v) is 4.26. The molecule has 0 bridgehead atoms. The SMILES string of the molecule is CCCC(NC(=O)OCC1c2ccccc2-c2ccccc21)C(=O)N[C@H](CC(=O)O)C(C)C. The molecule has 0 radical (unpaired) electrons. The van der Waals surface area contributed by atoms with Gasteiger partial charge in [-0.1, -0.05) is 75.7 Å². The van der Waals surface area contributed by atoms with Gasteiger partial charge in [-0.2, -0.15) is 0 Å². The number of hydrogen-bond acceptors (Lipinski definition) is 4. The molecule has 2 amide bonds. The van der Waals surface area contributed by atoms with Crippen LogP contribution in [0.1, 0.15) is 57.1 Å². The van der Waals surface area contributed by atoms with Crippen LogP contribution in [0.3, 0.4) is 0 Å². The Hall–Kier alpha value is -3.35. The summed E-state index contributed by atoms with van der Waals surface area (Å²) in [5.74, 6) is -1.50. The average molecular weight is 453 g/mol. The minimum Gasteiger partial charge on any atom is -0.481 e. The van der Waals surface area contributed by atoms with Gasteiger partial charge in [0, 0.05) is 12.0 Å². The zero-order valence-electron chi connectivity index (χ0n) is 19.3. The van der Waals surface area contributed by atoms with Gasteiger partial charge < -0.3 is 20.5 Å². The van der Waals surface area contributed by atoms with Gasteiger partial charge in [0.05, 0.1) is 6.42 Å². The molecule has 0 heterocycles. The smallest absolute Gasteiger partial charge is 0.407 e. The number of carboxylic acids is 1. The fourth-order valence-electron chi connectivity index (χ4n) is 4.26. The van der Waals surface area contributed by atoms with Gasteiger partial charge in [-0.25, -0.2) is 4.79 Å². The highest BCUT2D eigenvalue weighted by Gasteiger charge is 2.30. The Balaban J connectivity index is 1.64. The molecule has 2 atom stereocenters. The molecule has 0 saturated heterocycles. The summed E-state index contributed by atoms with van der Waals surface area (Å²) in [5.41, 5.74) is 4.51. The zero-order chi connectivity index (χ0) is 24.0. The lowest BCUT2D eigenvalue weighted by atomic mass is 9.98. The molecule has 2 aromatic rings. The summed E-state index contributed by atoms with van der Waals surface area (Å²) in [6.45, 7) is 5.77. The van der Waals surface area contributed by atoms with E-state index in [9.17, 15) is 14.4 Å². The van der Waals surface area contributed by atoms with Gasteiger partial charge >= 0.3 is 12.1 Å². The number of carboxylic acid groups (broad SMARTS) is 1. The Bertz CT molecular complexity index is 958. The third-order valence-corrected chi connectivity index (χ3v) is 6.06. The molecule has 1 aliphatic carbocycles. The standard InChI is InChI=1S/C26H32N2O5/c1-4-9-22(25(31)27-23(16(2)3)14-24(29)30)28-26(32)33-15-21-19-12-7-5-10-17(19)18-11-6-8-13-20(18)21/h5-8,10-13,16,21-23H,4,9,14-15H2,1-3H3,(H,27,31)(H,28,32)(H,29,30)/t22?,23-/m1/s1. The predicted octanol–water partition coefficient (Wildman–Crippen LogP) is 4.31. The van der Waals surface area contributed by atoms with Crippen LogP contribution in [0.25, 0.3) is 11.1 Å². The molecule has 0 saturated carbocycles. The number of rotatable bonds is 10. The molecule has 1 unspecified atom stereocenters. The number of hydrogen-bond donors (Lipinski definition) is 3. The predicted molar refractivity (Wildman–Crippen MR) is 126 cm³/mol. The van der Waals surface area contributed by atoms with E-state index in [2.05, 4.69) is 22.8 Å². The van der Waals surface area contributed by atoms with E-state index in [1.54, 1.807) is 0 Å². The molecular weight excluding hydrogens is 420 g/mol. The van der Waals surface area contributed by atoms with Gasteiger partial charge in [-0.3, -0.25) is 9.59 Å². The molecule has 0 aromatic heterocycles. The number of benzene rings is 2. The first-order valence-corrected chi connectivity index (χ1v) is 11.5. The van der Waals surface area contributed by atoms with Crippen molar-refractivity contribution in [2.75, 3.05) is 6.61 Å². The van der Waals surface area contributed by atoms with E-state index in [0.717, 1.165) is 22.3 Å². The molecular formula is C26H32N2O5. The topological polar surface area (TPSA) is 105 Å². The number of carbonyl (C=O) groups is 3. The lowest BCUT2D eigenvalue weighted by molar-refractivity contribution is -0.138. The summed E-state index contributed by atoms with van der Waals surface area (Å²) in [7, 11) is 0. The molecule has 3 rings (SSSR count). The molecule has 3 N–H and O–H groups in total. The lowest BCUT2D eigenvalue weighted by Gasteiger charge is -2.25. The summed E-state index contributed by atoms with van der Waals surface area (Å²) in [5, 5.41) is 14.5. The Morgan fingerprint density at radius 3 is 2.06 bits per heavy atom. The number of carbonyl (C=O) groups excluding carboxylic acids is 2. The van der Waals surface area contributed by atoms with E-state index >= 15 is 0 Å². The van der Waals surface area contributed by atoms with E-state index < -0.39 is 30.1 Å². The number of amides is 2. The molecule has 1 aliphatic rings. The van der Waals surface area contributed by atoms with Gasteiger partial charge in [0.15, 0.2) is 0 Å². The van der Waals surface area contributed by atoms with Crippen LogP contribution in [-0.4, -0.2) is 41.8 Å². The minimum absolute atomic E-state index is 0.0539. The monoisotopic (exact) mass is 452 g/mol. The lowest BCUT2D eigenvalue weighted by Crippen LogP contribution is -2.51.